The van der Waals surface area contributed by atoms with Gasteiger partial charge in [-0.2, -0.15) is 11.8 Å². The van der Waals surface area contributed by atoms with Crippen molar-refractivity contribution >= 4 is 17.4 Å². The van der Waals surface area contributed by atoms with E-state index in [-0.39, 0.29) is 0 Å². The van der Waals surface area contributed by atoms with Crippen molar-refractivity contribution in [2.75, 3.05) is 30.0 Å². The highest BCUT2D eigenvalue weighted by Crippen LogP contribution is 2.35. The fraction of sp³-hybridized carbons (Fsp3) is 0.625. The number of thioether (sulfide) groups is 1. The summed E-state index contributed by atoms with van der Waals surface area (Å²) in [6.45, 7) is 3.39. The summed E-state index contributed by atoms with van der Waals surface area (Å²) in [6.07, 6.45) is 7.67. The number of nitrogens with zero attached hydrogens (tertiary/aromatic N) is 1. The molecule has 2 aliphatic rings. The van der Waals surface area contributed by atoms with Crippen molar-refractivity contribution in [3.63, 3.8) is 0 Å². The van der Waals surface area contributed by atoms with Crippen molar-refractivity contribution < 1.29 is 0 Å². The maximum Gasteiger partial charge on any atom is 0.0412 e. The summed E-state index contributed by atoms with van der Waals surface area (Å²) in [7, 11) is 0. The second kappa shape index (κ2) is 5.76. The van der Waals surface area contributed by atoms with Crippen LogP contribution in [0.5, 0.6) is 0 Å². The fourth-order valence-electron chi connectivity index (χ4n) is 3.55. The zero-order valence-corrected chi connectivity index (χ0v) is 12.6. The van der Waals surface area contributed by atoms with Gasteiger partial charge in [0.2, 0.25) is 0 Å². The van der Waals surface area contributed by atoms with E-state index in [4.69, 9.17) is 0 Å². The summed E-state index contributed by atoms with van der Waals surface area (Å²) >= 11 is 1.95. The van der Waals surface area contributed by atoms with E-state index < -0.39 is 0 Å². The third kappa shape index (κ3) is 2.77. The maximum absolute atomic E-state index is 3.87. The lowest BCUT2D eigenvalue weighted by Crippen LogP contribution is -2.50. The molecule has 1 N–H and O–H groups in total. The summed E-state index contributed by atoms with van der Waals surface area (Å²) in [5.74, 6) is 1.21. The molecule has 1 heterocycles. The summed E-state index contributed by atoms with van der Waals surface area (Å²) < 4.78 is 0. The van der Waals surface area contributed by atoms with Crippen LogP contribution in [0.1, 0.15) is 31.2 Å². The summed E-state index contributed by atoms with van der Waals surface area (Å²) in [5, 5.41) is 3.87. The Morgan fingerprint density at radius 3 is 2.84 bits per heavy atom. The molecule has 0 aromatic heterocycles. The smallest absolute Gasteiger partial charge is 0.0412 e. The first-order valence-electron chi connectivity index (χ1n) is 7.40. The standard InChI is InChI=1S/C16H24N2S/c1-19-11-10-18-13-16(8-4-5-9-16)17-12-14-6-2-3-7-15(14)18/h2-3,6-7,17H,4-5,8-13H2,1H3. The number of benzene rings is 1. The van der Waals surface area contributed by atoms with Crippen LogP contribution in [0.3, 0.4) is 0 Å². The number of hydrogen-bond acceptors (Lipinski definition) is 3. The molecule has 1 aliphatic heterocycles. The van der Waals surface area contributed by atoms with E-state index in [1.54, 1.807) is 0 Å². The normalized spacial score (nSPS) is 21.4. The molecule has 1 spiro atoms. The van der Waals surface area contributed by atoms with Crippen LogP contribution in [0, 0.1) is 0 Å². The zero-order valence-electron chi connectivity index (χ0n) is 11.8. The highest BCUT2D eigenvalue weighted by molar-refractivity contribution is 7.98. The van der Waals surface area contributed by atoms with Gasteiger partial charge in [0.05, 0.1) is 0 Å². The van der Waals surface area contributed by atoms with Gasteiger partial charge in [0.25, 0.3) is 0 Å². The van der Waals surface area contributed by atoms with Crippen LogP contribution in [0.4, 0.5) is 5.69 Å². The lowest BCUT2D eigenvalue weighted by Gasteiger charge is -2.34. The van der Waals surface area contributed by atoms with E-state index in [1.807, 2.05) is 11.8 Å². The molecular formula is C16H24N2S. The molecule has 1 aromatic rings. The Hall–Kier alpha value is -0.670. The topological polar surface area (TPSA) is 15.3 Å². The molecule has 3 rings (SSSR count). The summed E-state index contributed by atoms with van der Waals surface area (Å²) in [5.41, 5.74) is 3.29. The van der Waals surface area contributed by atoms with Crippen molar-refractivity contribution in [2.24, 2.45) is 0 Å². The van der Waals surface area contributed by atoms with Crippen LogP contribution in [-0.2, 0) is 6.54 Å². The van der Waals surface area contributed by atoms with E-state index >= 15 is 0 Å². The van der Waals surface area contributed by atoms with Gasteiger partial charge in [0.1, 0.15) is 0 Å². The van der Waals surface area contributed by atoms with E-state index in [0.717, 1.165) is 6.54 Å². The monoisotopic (exact) mass is 276 g/mol. The van der Waals surface area contributed by atoms with E-state index in [1.165, 1.54) is 55.8 Å². The third-order valence-corrected chi connectivity index (χ3v) is 5.20. The molecule has 1 aliphatic carbocycles. The number of anilines is 1. The molecule has 0 unspecified atom stereocenters. The van der Waals surface area contributed by atoms with Crippen molar-refractivity contribution in [1.82, 2.24) is 5.32 Å². The number of nitrogens with one attached hydrogen (secondary N) is 1. The molecule has 0 saturated heterocycles. The average molecular weight is 276 g/mol. The Balaban J connectivity index is 1.87. The minimum absolute atomic E-state index is 0.372. The van der Waals surface area contributed by atoms with Gasteiger partial charge in [0.15, 0.2) is 0 Å². The van der Waals surface area contributed by atoms with Crippen molar-refractivity contribution in [2.45, 2.75) is 37.8 Å². The molecule has 104 valence electrons. The molecule has 0 radical (unpaired) electrons. The largest absolute Gasteiger partial charge is 0.369 e. The van der Waals surface area contributed by atoms with Gasteiger partial charge in [-0.15, -0.1) is 0 Å². The van der Waals surface area contributed by atoms with Gasteiger partial charge in [0, 0.05) is 36.6 Å². The van der Waals surface area contributed by atoms with Gasteiger partial charge < -0.3 is 10.2 Å². The Morgan fingerprint density at radius 2 is 2.05 bits per heavy atom. The molecule has 1 fully saturated rings. The molecule has 0 amide bonds. The van der Waals surface area contributed by atoms with Crippen molar-refractivity contribution in [1.29, 1.82) is 0 Å². The minimum Gasteiger partial charge on any atom is -0.369 e. The molecule has 2 nitrogen and oxygen atoms in total. The molecule has 1 aromatic carbocycles. The number of fused-ring (bicyclic) bond motifs is 1. The molecule has 1 saturated carbocycles. The fourth-order valence-corrected chi connectivity index (χ4v) is 3.95. The highest BCUT2D eigenvalue weighted by atomic mass is 32.2. The van der Waals surface area contributed by atoms with Crippen LogP contribution < -0.4 is 10.2 Å². The first kappa shape index (κ1) is 13.3. The highest BCUT2D eigenvalue weighted by Gasteiger charge is 2.37. The third-order valence-electron chi connectivity index (χ3n) is 4.61. The molecule has 0 atom stereocenters. The molecule has 19 heavy (non-hydrogen) atoms. The SMILES string of the molecule is CSCCN1CC2(CCCC2)NCc2ccccc21. The predicted molar refractivity (Wildman–Crippen MR) is 85.1 cm³/mol. The molecular weight excluding hydrogens is 252 g/mol. The van der Waals surface area contributed by atoms with E-state index in [2.05, 4.69) is 40.7 Å². The van der Waals surface area contributed by atoms with Gasteiger partial charge >= 0.3 is 0 Å². The van der Waals surface area contributed by atoms with Crippen LogP contribution in [0.15, 0.2) is 24.3 Å². The Bertz CT molecular complexity index is 427. The Kier molecular flexibility index (Phi) is 4.04. The average Bonchev–Trinajstić information content (AvgIpc) is 2.84. The lowest BCUT2D eigenvalue weighted by atomic mass is 9.97. The molecule has 0 bridgehead atoms. The second-order valence-electron chi connectivity index (χ2n) is 5.88. The van der Waals surface area contributed by atoms with Crippen LogP contribution in [0.25, 0.3) is 0 Å². The second-order valence-corrected chi connectivity index (χ2v) is 6.87. The van der Waals surface area contributed by atoms with Gasteiger partial charge in [-0.05, 0) is 30.7 Å². The minimum atomic E-state index is 0.372. The number of hydrogen-bond donors (Lipinski definition) is 1. The zero-order chi connectivity index (χ0) is 13.1. The van der Waals surface area contributed by atoms with Crippen LogP contribution >= 0.6 is 11.8 Å². The Morgan fingerprint density at radius 1 is 1.26 bits per heavy atom. The summed E-state index contributed by atoms with van der Waals surface area (Å²) in [4.78, 5) is 2.62. The van der Waals surface area contributed by atoms with E-state index in [0.29, 0.717) is 5.54 Å². The van der Waals surface area contributed by atoms with Crippen LogP contribution in [0.2, 0.25) is 0 Å². The van der Waals surface area contributed by atoms with Crippen LogP contribution in [-0.4, -0.2) is 30.6 Å². The summed E-state index contributed by atoms with van der Waals surface area (Å²) in [6, 6.07) is 8.92. The van der Waals surface area contributed by atoms with Gasteiger partial charge in [-0.25, -0.2) is 0 Å². The predicted octanol–water partition coefficient (Wildman–Crippen LogP) is 3.27. The first-order valence-corrected chi connectivity index (χ1v) is 8.79. The van der Waals surface area contributed by atoms with E-state index in [9.17, 15) is 0 Å². The number of rotatable bonds is 3. The lowest BCUT2D eigenvalue weighted by molar-refractivity contribution is 0.339. The molecule has 3 heteroatoms. The van der Waals surface area contributed by atoms with Crippen molar-refractivity contribution in [3.05, 3.63) is 29.8 Å². The number of para-hydroxylation sites is 1. The van der Waals surface area contributed by atoms with Crippen molar-refractivity contribution in [3.8, 4) is 0 Å². The quantitative estimate of drug-likeness (QED) is 0.912. The maximum atomic E-state index is 3.87. The van der Waals surface area contributed by atoms with Gasteiger partial charge in [-0.1, -0.05) is 31.0 Å². The van der Waals surface area contributed by atoms with Gasteiger partial charge in [-0.3, -0.25) is 0 Å². The Labute approximate surface area is 121 Å². The first-order chi connectivity index (χ1) is 9.33.